The lowest BCUT2D eigenvalue weighted by molar-refractivity contribution is -0.00222. The molecular weight excluding hydrogens is 263 g/mol. The molecule has 0 bridgehead atoms. The maximum absolute atomic E-state index is 14.5. The first-order valence-corrected chi connectivity index (χ1v) is 6.30. The average molecular weight is 278 g/mol. The summed E-state index contributed by atoms with van der Waals surface area (Å²) in [4.78, 5) is 12.4. The van der Waals surface area contributed by atoms with E-state index in [2.05, 4.69) is 21.5 Å². The van der Waals surface area contributed by atoms with Crippen LogP contribution in [0.2, 0.25) is 0 Å². The number of fused-ring (bicyclic) bond motifs is 1. The van der Waals surface area contributed by atoms with Crippen LogP contribution in [0, 0.1) is 6.92 Å². The van der Waals surface area contributed by atoms with Crippen molar-refractivity contribution in [3.8, 4) is 0 Å². The maximum Gasteiger partial charge on any atom is 0.182 e. The first-order valence-electron chi connectivity index (χ1n) is 6.30. The molecule has 1 aliphatic rings. The van der Waals surface area contributed by atoms with E-state index < -0.39 is 24.4 Å². The van der Waals surface area contributed by atoms with Crippen molar-refractivity contribution in [2.24, 2.45) is 0 Å². The van der Waals surface area contributed by atoms with Crippen LogP contribution in [0.15, 0.2) is 24.8 Å². The van der Waals surface area contributed by atoms with Gasteiger partial charge in [0, 0.05) is 6.42 Å². The Kier molecular flexibility index (Phi) is 2.84. The summed E-state index contributed by atoms with van der Waals surface area (Å²) >= 11 is 0. The van der Waals surface area contributed by atoms with Crippen LogP contribution in [-0.4, -0.2) is 48.1 Å². The number of aliphatic hydroxyl groups is 2. The highest BCUT2D eigenvalue weighted by Gasteiger charge is 2.51. The predicted octanol–water partition coefficient (Wildman–Crippen LogP) is 0.697. The summed E-state index contributed by atoms with van der Waals surface area (Å²) in [5.41, 5.74) is -0.105. The zero-order chi connectivity index (χ0) is 14.5. The van der Waals surface area contributed by atoms with Gasteiger partial charge in [0.1, 0.15) is 11.8 Å². The minimum atomic E-state index is -2.18. The molecule has 6 nitrogen and oxygen atoms in total. The van der Waals surface area contributed by atoms with E-state index >= 15 is 0 Å². The van der Waals surface area contributed by atoms with Gasteiger partial charge >= 0.3 is 0 Å². The van der Waals surface area contributed by atoms with E-state index in [1.54, 1.807) is 4.57 Å². The lowest BCUT2D eigenvalue weighted by Crippen LogP contribution is -2.37. The van der Waals surface area contributed by atoms with Crippen LogP contribution in [0.5, 0.6) is 0 Å². The molecule has 0 saturated heterocycles. The Morgan fingerprint density at radius 2 is 2.25 bits per heavy atom. The van der Waals surface area contributed by atoms with Crippen LogP contribution in [0.4, 0.5) is 4.39 Å². The van der Waals surface area contributed by atoms with Gasteiger partial charge in [0.2, 0.25) is 0 Å². The van der Waals surface area contributed by atoms with Gasteiger partial charge in [-0.1, -0.05) is 6.58 Å². The minimum absolute atomic E-state index is 0.129. The quantitative estimate of drug-likeness (QED) is 0.790. The van der Waals surface area contributed by atoms with Crippen molar-refractivity contribution < 1.29 is 14.6 Å². The minimum Gasteiger partial charge on any atom is -0.393 e. The third kappa shape index (κ3) is 1.60. The fourth-order valence-electron chi connectivity index (χ4n) is 2.72. The van der Waals surface area contributed by atoms with Gasteiger partial charge in [-0.2, -0.15) is 0 Å². The van der Waals surface area contributed by atoms with E-state index in [1.807, 2.05) is 6.92 Å². The molecule has 3 atom stereocenters. The smallest absolute Gasteiger partial charge is 0.182 e. The third-order valence-corrected chi connectivity index (χ3v) is 4.02. The third-order valence-electron chi connectivity index (χ3n) is 4.02. The number of hydrogen-bond donors (Lipinski definition) is 2. The van der Waals surface area contributed by atoms with Crippen LogP contribution < -0.4 is 0 Å². The summed E-state index contributed by atoms with van der Waals surface area (Å²) in [7, 11) is 0. The van der Waals surface area contributed by atoms with Gasteiger partial charge in [-0.25, -0.2) is 19.3 Å². The summed E-state index contributed by atoms with van der Waals surface area (Å²) in [6.45, 7) is 4.73. The van der Waals surface area contributed by atoms with E-state index in [1.165, 1.54) is 12.7 Å². The van der Waals surface area contributed by atoms with Crippen molar-refractivity contribution in [1.29, 1.82) is 0 Å². The van der Waals surface area contributed by atoms with Crippen molar-refractivity contribution in [1.82, 2.24) is 19.5 Å². The van der Waals surface area contributed by atoms with E-state index in [4.69, 9.17) is 0 Å². The number of alkyl halides is 1. The second-order valence-corrected chi connectivity index (χ2v) is 5.10. The second-order valence-electron chi connectivity index (χ2n) is 5.10. The van der Waals surface area contributed by atoms with Crippen molar-refractivity contribution in [3.63, 3.8) is 0 Å². The largest absolute Gasteiger partial charge is 0.393 e. The Morgan fingerprint density at radius 1 is 1.50 bits per heavy atom. The highest BCUT2D eigenvalue weighted by molar-refractivity contribution is 5.73. The molecule has 0 amide bonds. The number of aromatic nitrogens is 4. The topological polar surface area (TPSA) is 84.1 Å². The molecule has 1 aliphatic carbocycles. The number of hydrogen-bond acceptors (Lipinski definition) is 5. The van der Waals surface area contributed by atoms with Crippen molar-refractivity contribution in [2.75, 3.05) is 6.61 Å². The molecule has 3 rings (SSSR count). The molecule has 7 heteroatoms. The molecule has 20 heavy (non-hydrogen) atoms. The number of aliphatic hydroxyl groups excluding tert-OH is 2. The molecule has 0 aliphatic heterocycles. The van der Waals surface area contributed by atoms with Gasteiger partial charge in [0.15, 0.2) is 11.3 Å². The number of halogens is 1. The lowest BCUT2D eigenvalue weighted by Gasteiger charge is -2.22. The van der Waals surface area contributed by atoms with E-state index in [-0.39, 0.29) is 12.0 Å². The maximum atomic E-state index is 14.5. The molecule has 1 saturated carbocycles. The molecule has 0 radical (unpaired) electrons. The number of aryl methyl sites for hydroxylation is 1. The fourth-order valence-corrected chi connectivity index (χ4v) is 2.72. The normalized spacial score (nSPS) is 30.3. The first kappa shape index (κ1) is 13.1. The Bertz CT molecular complexity index is 686. The fraction of sp³-hybridized carbons (Fsp3) is 0.462. The molecule has 0 aromatic carbocycles. The summed E-state index contributed by atoms with van der Waals surface area (Å²) in [5.74, 6) is 0. The molecule has 2 aromatic heterocycles. The Labute approximate surface area is 114 Å². The molecule has 1 fully saturated rings. The van der Waals surface area contributed by atoms with Gasteiger partial charge in [-0.05, 0) is 12.5 Å². The van der Waals surface area contributed by atoms with Crippen molar-refractivity contribution in [2.45, 2.75) is 31.2 Å². The molecule has 2 N–H and O–H groups in total. The Hall–Kier alpha value is -1.86. The van der Waals surface area contributed by atoms with Gasteiger partial charge < -0.3 is 14.8 Å². The van der Waals surface area contributed by atoms with Crippen molar-refractivity contribution >= 4 is 11.2 Å². The Balaban J connectivity index is 2.09. The summed E-state index contributed by atoms with van der Waals surface area (Å²) < 4.78 is 16.2. The van der Waals surface area contributed by atoms with Gasteiger partial charge in [0.25, 0.3) is 0 Å². The summed E-state index contributed by atoms with van der Waals surface area (Å²) in [5, 5.41) is 19.0. The zero-order valence-electron chi connectivity index (χ0n) is 11.0. The highest BCUT2D eigenvalue weighted by Crippen LogP contribution is 2.45. The average Bonchev–Trinajstić information content (AvgIpc) is 2.95. The standard InChI is InChI=1S/C13H15FN4O2/c1-7-9(3-10(20)13(7,14)4-19)18-6-17-11-8(2)15-5-16-12(11)18/h5-6,9-10,19-20H,1,3-4H2,2H3/t9-,10-,13+/m0/s1. The lowest BCUT2D eigenvalue weighted by atomic mass is 9.99. The van der Waals surface area contributed by atoms with E-state index in [0.29, 0.717) is 11.2 Å². The van der Waals surface area contributed by atoms with Gasteiger partial charge in [-0.15, -0.1) is 0 Å². The first-order chi connectivity index (χ1) is 9.49. The number of nitrogens with zero attached hydrogens (tertiary/aromatic N) is 4. The molecular formula is C13H15FN4O2. The zero-order valence-corrected chi connectivity index (χ0v) is 11.0. The molecule has 2 heterocycles. The van der Waals surface area contributed by atoms with E-state index in [0.717, 1.165) is 5.69 Å². The second kappa shape index (κ2) is 4.32. The molecule has 2 aromatic rings. The van der Waals surface area contributed by atoms with Crippen LogP contribution in [0.25, 0.3) is 11.2 Å². The van der Waals surface area contributed by atoms with Crippen LogP contribution >= 0.6 is 0 Å². The summed E-state index contributed by atoms with van der Waals surface area (Å²) in [6, 6.07) is -0.485. The van der Waals surface area contributed by atoms with Gasteiger partial charge in [-0.3, -0.25) is 0 Å². The van der Waals surface area contributed by atoms with Crippen LogP contribution in [-0.2, 0) is 0 Å². The SMILES string of the molecule is C=C1[C@@H](n2cnc3c(C)ncnc32)C[C@H](O)[C@@]1(F)CO. The van der Waals surface area contributed by atoms with Crippen LogP contribution in [0.3, 0.4) is 0 Å². The van der Waals surface area contributed by atoms with Crippen molar-refractivity contribution in [3.05, 3.63) is 30.5 Å². The number of imidazole rings is 1. The Morgan fingerprint density at radius 3 is 2.90 bits per heavy atom. The monoisotopic (exact) mass is 278 g/mol. The highest BCUT2D eigenvalue weighted by atomic mass is 19.1. The molecule has 0 spiro atoms. The predicted molar refractivity (Wildman–Crippen MR) is 69.8 cm³/mol. The van der Waals surface area contributed by atoms with E-state index in [9.17, 15) is 14.6 Å². The van der Waals surface area contributed by atoms with Crippen LogP contribution in [0.1, 0.15) is 18.2 Å². The number of rotatable bonds is 2. The summed E-state index contributed by atoms with van der Waals surface area (Å²) in [6.07, 6.45) is 1.80. The molecule has 0 unspecified atom stereocenters. The van der Waals surface area contributed by atoms with Gasteiger partial charge in [0.05, 0.1) is 30.8 Å². The molecule has 106 valence electrons.